The molecule has 0 aromatic carbocycles. The summed E-state index contributed by atoms with van der Waals surface area (Å²) in [4.78, 5) is 21.2. The number of ketones is 2. The second-order valence-corrected chi connectivity index (χ2v) is 2.38. The third-order valence-electron chi connectivity index (χ3n) is 1.50. The zero-order valence-electron chi connectivity index (χ0n) is 5.28. The van der Waals surface area contributed by atoms with Crippen LogP contribution in [-0.4, -0.2) is 34.0 Å². The molecule has 4 nitrogen and oxygen atoms in total. The van der Waals surface area contributed by atoms with Crippen LogP contribution in [0.2, 0.25) is 0 Å². The van der Waals surface area contributed by atoms with Crippen LogP contribution in [0.4, 0.5) is 0 Å². The molecule has 1 aliphatic rings. The van der Waals surface area contributed by atoms with E-state index in [0.29, 0.717) is 0 Å². The summed E-state index contributed by atoms with van der Waals surface area (Å²) >= 11 is 0. The maximum atomic E-state index is 10.6. The number of carbonyl (C=O) groups excluding carboxylic acids is 2. The number of Topliss-reactive ketones (excluding diaryl/α,β-unsaturated/α-hetero) is 2. The number of aliphatic hydroxyl groups is 2. The quantitative estimate of drug-likeness (QED) is 0.440. The SMILES string of the molecule is O=C1C[C@@H](O)C(=O)[C@H](O)C1. The van der Waals surface area contributed by atoms with Crippen LogP contribution in [0.25, 0.3) is 0 Å². The largest absolute Gasteiger partial charge is 0.385 e. The molecule has 1 fully saturated rings. The van der Waals surface area contributed by atoms with Crippen molar-refractivity contribution in [2.45, 2.75) is 25.0 Å². The van der Waals surface area contributed by atoms with Gasteiger partial charge in [0.05, 0.1) is 0 Å². The molecule has 0 spiro atoms. The van der Waals surface area contributed by atoms with Crippen molar-refractivity contribution in [2.75, 3.05) is 0 Å². The van der Waals surface area contributed by atoms with Crippen molar-refractivity contribution in [1.82, 2.24) is 0 Å². The molecule has 0 aromatic heterocycles. The highest BCUT2D eigenvalue weighted by Crippen LogP contribution is 2.11. The monoisotopic (exact) mass is 144 g/mol. The van der Waals surface area contributed by atoms with Crippen LogP contribution >= 0.6 is 0 Å². The highest BCUT2D eigenvalue weighted by molar-refractivity contribution is 5.98. The first-order chi connectivity index (χ1) is 4.61. The normalized spacial score (nSPS) is 34.6. The third-order valence-corrected chi connectivity index (χ3v) is 1.50. The predicted molar refractivity (Wildman–Crippen MR) is 31.3 cm³/mol. The lowest BCUT2D eigenvalue weighted by Gasteiger charge is -2.18. The Hall–Kier alpha value is -0.740. The van der Waals surface area contributed by atoms with Gasteiger partial charge in [0.15, 0.2) is 5.78 Å². The Morgan fingerprint density at radius 1 is 1.10 bits per heavy atom. The molecule has 0 radical (unpaired) electrons. The molecule has 1 rings (SSSR count). The van der Waals surface area contributed by atoms with Crippen molar-refractivity contribution in [1.29, 1.82) is 0 Å². The first-order valence-electron chi connectivity index (χ1n) is 3.03. The fourth-order valence-corrected chi connectivity index (χ4v) is 0.938. The van der Waals surface area contributed by atoms with Crippen LogP contribution in [0.5, 0.6) is 0 Å². The van der Waals surface area contributed by atoms with E-state index in [2.05, 4.69) is 0 Å². The number of hydrogen-bond donors (Lipinski definition) is 2. The van der Waals surface area contributed by atoms with Gasteiger partial charge in [-0.3, -0.25) is 9.59 Å². The Morgan fingerprint density at radius 2 is 1.50 bits per heavy atom. The van der Waals surface area contributed by atoms with Crippen molar-refractivity contribution in [2.24, 2.45) is 0 Å². The minimum absolute atomic E-state index is 0.143. The van der Waals surface area contributed by atoms with Gasteiger partial charge in [-0.1, -0.05) is 0 Å². The summed E-state index contributed by atoms with van der Waals surface area (Å²) in [5.74, 6) is -0.904. The molecule has 1 saturated carbocycles. The smallest absolute Gasteiger partial charge is 0.190 e. The summed E-state index contributed by atoms with van der Waals surface area (Å²) in [6.07, 6.45) is -2.85. The van der Waals surface area contributed by atoms with Crippen molar-refractivity contribution in [3.63, 3.8) is 0 Å². The molecule has 0 amide bonds. The lowest BCUT2D eigenvalue weighted by Crippen LogP contribution is -2.40. The molecule has 0 saturated heterocycles. The van der Waals surface area contributed by atoms with E-state index in [0.717, 1.165) is 0 Å². The zero-order chi connectivity index (χ0) is 7.72. The van der Waals surface area contributed by atoms with E-state index >= 15 is 0 Å². The second-order valence-electron chi connectivity index (χ2n) is 2.38. The molecule has 10 heavy (non-hydrogen) atoms. The molecule has 0 aromatic rings. The second kappa shape index (κ2) is 2.48. The highest BCUT2D eigenvalue weighted by atomic mass is 16.3. The van der Waals surface area contributed by atoms with Crippen LogP contribution in [-0.2, 0) is 9.59 Å². The number of aliphatic hydroxyl groups excluding tert-OH is 2. The molecule has 2 atom stereocenters. The van der Waals surface area contributed by atoms with Gasteiger partial charge in [0.2, 0.25) is 0 Å². The topological polar surface area (TPSA) is 74.6 Å². The van der Waals surface area contributed by atoms with Crippen molar-refractivity contribution < 1.29 is 19.8 Å². The van der Waals surface area contributed by atoms with Gasteiger partial charge < -0.3 is 10.2 Å². The van der Waals surface area contributed by atoms with Gasteiger partial charge in [0.25, 0.3) is 0 Å². The van der Waals surface area contributed by atoms with Crippen molar-refractivity contribution >= 4 is 11.6 Å². The number of carbonyl (C=O) groups is 2. The Morgan fingerprint density at radius 3 is 1.90 bits per heavy atom. The fourth-order valence-electron chi connectivity index (χ4n) is 0.938. The minimum atomic E-state index is -1.28. The van der Waals surface area contributed by atoms with E-state index in [4.69, 9.17) is 10.2 Å². The number of hydrogen-bond acceptors (Lipinski definition) is 4. The molecule has 56 valence electrons. The third kappa shape index (κ3) is 1.22. The van der Waals surface area contributed by atoms with E-state index in [1.807, 2.05) is 0 Å². The van der Waals surface area contributed by atoms with Crippen LogP contribution in [0.15, 0.2) is 0 Å². The highest BCUT2D eigenvalue weighted by Gasteiger charge is 2.32. The van der Waals surface area contributed by atoms with E-state index in [1.54, 1.807) is 0 Å². The number of rotatable bonds is 0. The average molecular weight is 144 g/mol. The minimum Gasteiger partial charge on any atom is -0.385 e. The summed E-state index contributed by atoms with van der Waals surface area (Å²) in [6.45, 7) is 0. The predicted octanol–water partition coefficient (Wildman–Crippen LogP) is -1.36. The van der Waals surface area contributed by atoms with Crippen LogP contribution in [0.1, 0.15) is 12.8 Å². The molecule has 2 N–H and O–H groups in total. The standard InChI is InChI=1S/C6H8O4/c7-3-1-4(8)6(10)5(9)2-3/h4-5,8-9H,1-2H2/t4-,5-/m1/s1. The van der Waals surface area contributed by atoms with E-state index < -0.39 is 18.0 Å². The lowest BCUT2D eigenvalue weighted by atomic mass is 9.93. The van der Waals surface area contributed by atoms with E-state index in [1.165, 1.54) is 0 Å². The maximum Gasteiger partial charge on any atom is 0.190 e. The van der Waals surface area contributed by atoms with Crippen molar-refractivity contribution in [3.05, 3.63) is 0 Å². The van der Waals surface area contributed by atoms with Crippen LogP contribution in [0.3, 0.4) is 0 Å². The average Bonchev–Trinajstić information content (AvgIpc) is 1.82. The van der Waals surface area contributed by atoms with E-state index in [-0.39, 0.29) is 18.6 Å². The summed E-state index contributed by atoms with van der Waals surface area (Å²) < 4.78 is 0. The van der Waals surface area contributed by atoms with Gasteiger partial charge in [-0.15, -0.1) is 0 Å². The molecule has 0 heterocycles. The summed E-state index contributed by atoms with van der Waals surface area (Å²) in [5.41, 5.74) is 0. The molecule has 0 unspecified atom stereocenters. The zero-order valence-corrected chi connectivity index (χ0v) is 5.28. The van der Waals surface area contributed by atoms with Gasteiger partial charge in [-0.2, -0.15) is 0 Å². The van der Waals surface area contributed by atoms with Gasteiger partial charge in [0.1, 0.15) is 18.0 Å². The first-order valence-corrected chi connectivity index (χ1v) is 3.03. The summed E-state index contributed by atoms with van der Waals surface area (Å²) in [7, 11) is 0. The van der Waals surface area contributed by atoms with Gasteiger partial charge in [-0.05, 0) is 0 Å². The molecular weight excluding hydrogens is 136 g/mol. The fraction of sp³-hybridized carbons (Fsp3) is 0.667. The molecule has 0 aliphatic heterocycles. The Balaban J connectivity index is 2.66. The van der Waals surface area contributed by atoms with Gasteiger partial charge in [-0.25, -0.2) is 0 Å². The van der Waals surface area contributed by atoms with Crippen LogP contribution in [0, 0.1) is 0 Å². The Kier molecular flexibility index (Phi) is 1.82. The first kappa shape index (κ1) is 7.37. The van der Waals surface area contributed by atoms with Gasteiger partial charge in [0, 0.05) is 12.8 Å². The van der Waals surface area contributed by atoms with Crippen LogP contribution < -0.4 is 0 Å². The summed E-state index contributed by atoms with van der Waals surface area (Å²) in [5, 5.41) is 17.6. The molecule has 0 bridgehead atoms. The summed E-state index contributed by atoms with van der Waals surface area (Å²) in [6, 6.07) is 0. The van der Waals surface area contributed by atoms with E-state index in [9.17, 15) is 9.59 Å². The Bertz CT molecular complexity index is 159. The molecular formula is C6H8O4. The maximum absolute atomic E-state index is 10.6. The molecule has 4 heteroatoms. The van der Waals surface area contributed by atoms with Crippen molar-refractivity contribution in [3.8, 4) is 0 Å². The van der Waals surface area contributed by atoms with Gasteiger partial charge >= 0.3 is 0 Å². The lowest BCUT2D eigenvalue weighted by molar-refractivity contribution is -0.146. The molecule has 1 aliphatic carbocycles. The Labute approximate surface area is 57.5 Å².